The quantitative estimate of drug-likeness (QED) is 0.877. The van der Waals surface area contributed by atoms with Crippen LogP contribution in [0.2, 0.25) is 0 Å². The first-order chi connectivity index (χ1) is 9.83. The van der Waals surface area contributed by atoms with E-state index < -0.39 is 5.60 Å². The molecule has 1 aliphatic rings. The van der Waals surface area contributed by atoms with Gasteiger partial charge in [0.15, 0.2) is 0 Å². The maximum absolute atomic E-state index is 11.5. The van der Waals surface area contributed by atoms with E-state index >= 15 is 0 Å². The normalized spacial score (nSPS) is 21.7. The van der Waals surface area contributed by atoms with Crippen LogP contribution in [0.5, 0.6) is 0 Å². The molecule has 0 radical (unpaired) electrons. The Morgan fingerprint density at radius 1 is 1.48 bits per heavy atom. The molecule has 2 rings (SSSR count). The number of carbonyl (C=O) groups excluding carboxylic acids is 1. The van der Waals surface area contributed by atoms with E-state index in [1.807, 2.05) is 33.2 Å². The molecule has 1 saturated carbocycles. The highest BCUT2D eigenvalue weighted by Gasteiger charge is 2.29. The maximum Gasteiger partial charge on any atom is 0.407 e. The molecule has 1 aromatic rings. The second-order valence-electron chi connectivity index (χ2n) is 6.66. The van der Waals surface area contributed by atoms with Gasteiger partial charge in [0.25, 0.3) is 0 Å². The molecule has 2 N–H and O–H groups in total. The van der Waals surface area contributed by atoms with Crippen LogP contribution < -0.4 is 10.6 Å². The SMILES string of the molecule is Cc1ncsc1CNC1CC(CNC(=O)OC(C)(C)C)C1. The van der Waals surface area contributed by atoms with Crippen molar-refractivity contribution in [3.8, 4) is 0 Å². The molecule has 1 amide bonds. The van der Waals surface area contributed by atoms with Crippen LogP contribution in [0.1, 0.15) is 44.2 Å². The van der Waals surface area contributed by atoms with Crippen LogP contribution in [0, 0.1) is 12.8 Å². The third-order valence-corrected chi connectivity index (χ3v) is 4.50. The van der Waals surface area contributed by atoms with Gasteiger partial charge in [-0.3, -0.25) is 0 Å². The molecule has 0 atom stereocenters. The zero-order valence-corrected chi connectivity index (χ0v) is 14.0. The standard InChI is InChI=1S/C15H25N3O2S/c1-10-13(21-9-18-10)8-16-12-5-11(6-12)7-17-14(19)20-15(2,3)4/h9,11-12,16H,5-8H2,1-4H3,(H,17,19). The van der Waals surface area contributed by atoms with Crippen molar-refractivity contribution >= 4 is 17.4 Å². The number of alkyl carbamates (subject to hydrolysis) is 1. The molecule has 0 spiro atoms. The minimum absolute atomic E-state index is 0.320. The van der Waals surface area contributed by atoms with E-state index in [4.69, 9.17) is 4.74 Å². The summed E-state index contributed by atoms with van der Waals surface area (Å²) in [5, 5.41) is 6.39. The minimum Gasteiger partial charge on any atom is -0.444 e. The first kappa shape index (κ1) is 16.2. The van der Waals surface area contributed by atoms with Crippen LogP contribution >= 0.6 is 11.3 Å². The molecule has 0 aliphatic heterocycles. The zero-order chi connectivity index (χ0) is 15.5. The van der Waals surface area contributed by atoms with E-state index in [9.17, 15) is 4.79 Å². The summed E-state index contributed by atoms with van der Waals surface area (Å²) in [4.78, 5) is 17.1. The predicted molar refractivity (Wildman–Crippen MR) is 84.4 cm³/mol. The van der Waals surface area contributed by atoms with Crippen molar-refractivity contribution in [3.63, 3.8) is 0 Å². The Labute approximate surface area is 130 Å². The molecule has 1 aliphatic carbocycles. The fraction of sp³-hybridized carbons (Fsp3) is 0.733. The zero-order valence-electron chi connectivity index (χ0n) is 13.2. The number of nitrogens with one attached hydrogen (secondary N) is 2. The van der Waals surface area contributed by atoms with Gasteiger partial charge in [-0.2, -0.15) is 0 Å². The average Bonchev–Trinajstić information content (AvgIpc) is 2.70. The fourth-order valence-electron chi connectivity index (χ4n) is 2.34. The fourth-order valence-corrected chi connectivity index (χ4v) is 3.07. The van der Waals surface area contributed by atoms with E-state index in [2.05, 4.69) is 15.6 Å². The van der Waals surface area contributed by atoms with Crippen molar-refractivity contribution < 1.29 is 9.53 Å². The summed E-state index contributed by atoms with van der Waals surface area (Å²) >= 11 is 1.70. The highest BCUT2D eigenvalue weighted by Crippen LogP contribution is 2.27. The van der Waals surface area contributed by atoms with Gasteiger partial charge < -0.3 is 15.4 Å². The molecule has 0 saturated heterocycles. The van der Waals surface area contributed by atoms with Crippen molar-refractivity contribution in [3.05, 3.63) is 16.1 Å². The summed E-state index contributed by atoms with van der Waals surface area (Å²) in [7, 11) is 0. The molecular formula is C15H25N3O2S. The molecule has 1 heterocycles. The van der Waals surface area contributed by atoms with Crippen LogP contribution in [0.4, 0.5) is 4.79 Å². The summed E-state index contributed by atoms with van der Waals surface area (Å²) < 4.78 is 5.22. The lowest BCUT2D eigenvalue weighted by Gasteiger charge is -2.36. The van der Waals surface area contributed by atoms with Gasteiger partial charge in [-0.15, -0.1) is 11.3 Å². The molecule has 0 bridgehead atoms. The van der Waals surface area contributed by atoms with Gasteiger partial charge in [0.1, 0.15) is 5.60 Å². The van der Waals surface area contributed by atoms with Gasteiger partial charge in [-0.05, 0) is 46.5 Å². The topological polar surface area (TPSA) is 63.2 Å². The van der Waals surface area contributed by atoms with Crippen molar-refractivity contribution in [2.75, 3.05) is 6.54 Å². The van der Waals surface area contributed by atoms with Gasteiger partial charge in [0.2, 0.25) is 0 Å². The second kappa shape index (κ2) is 6.75. The largest absolute Gasteiger partial charge is 0.444 e. The van der Waals surface area contributed by atoms with Crippen LogP contribution in [-0.2, 0) is 11.3 Å². The lowest BCUT2D eigenvalue weighted by Crippen LogP contribution is -2.46. The summed E-state index contributed by atoms with van der Waals surface area (Å²) in [6, 6.07) is 0.553. The molecule has 0 unspecified atom stereocenters. The summed E-state index contributed by atoms with van der Waals surface area (Å²) in [5.41, 5.74) is 2.58. The Balaban J connectivity index is 1.57. The number of ether oxygens (including phenoxy) is 1. The summed E-state index contributed by atoms with van der Waals surface area (Å²) in [5.74, 6) is 0.553. The molecule has 5 nitrogen and oxygen atoms in total. The van der Waals surface area contributed by atoms with Gasteiger partial charge in [-0.25, -0.2) is 9.78 Å². The second-order valence-corrected chi connectivity index (χ2v) is 7.60. The van der Waals surface area contributed by atoms with Crippen LogP contribution in [0.3, 0.4) is 0 Å². The first-order valence-electron chi connectivity index (χ1n) is 7.42. The van der Waals surface area contributed by atoms with Crippen molar-refractivity contribution in [1.82, 2.24) is 15.6 Å². The third kappa shape index (κ3) is 5.28. The number of aryl methyl sites for hydroxylation is 1. The smallest absolute Gasteiger partial charge is 0.407 e. The Hall–Kier alpha value is -1.14. The molecule has 118 valence electrons. The number of rotatable bonds is 5. The number of carbonyl (C=O) groups is 1. The number of thiazole rings is 1. The highest BCUT2D eigenvalue weighted by molar-refractivity contribution is 7.09. The molecule has 21 heavy (non-hydrogen) atoms. The number of amides is 1. The number of hydrogen-bond acceptors (Lipinski definition) is 5. The van der Waals surface area contributed by atoms with Crippen LogP contribution in [0.15, 0.2) is 5.51 Å². The molecule has 0 aromatic carbocycles. The Bertz CT molecular complexity index is 476. The number of nitrogens with zero attached hydrogens (tertiary/aromatic N) is 1. The van der Waals surface area contributed by atoms with Crippen molar-refractivity contribution in [2.45, 2.75) is 58.7 Å². The van der Waals surface area contributed by atoms with Gasteiger partial charge in [0, 0.05) is 24.0 Å². The number of aromatic nitrogens is 1. The van der Waals surface area contributed by atoms with Crippen molar-refractivity contribution in [1.29, 1.82) is 0 Å². The molecular weight excluding hydrogens is 286 g/mol. The van der Waals surface area contributed by atoms with Gasteiger partial charge in [-0.1, -0.05) is 0 Å². The predicted octanol–water partition coefficient (Wildman–Crippen LogP) is 2.84. The minimum atomic E-state index is -0.430. The third-order valence-electron chi connectivity index (χ3n) is 3.57. The highest BCUT2D eigenvalue weighted by atomic mass is 32.1. The average molecular weight is 311 g/mol. The van der Waals surface area contributed by atoms with E-state index in [0.717, 1.165) is 25.1 Å². The summed E-state index contributed by atoms with van der Waals surface area (Å²) in [6.45, 7) is 9.26. The summed E-state index contributed by atoms with van der Waals surface area (Å²) in [6.07, 6.45) is 1.89. The molecule has 1 aromatic heterocycles. The number of hydrogen-bond donors (Lipinski definition) is 2. The van der Waals surface area contributed by atoms with E-state index in [1.54, 1.807) is 11.3 Å². The maximum atomic E-state index is 11.5. The monoisotopic (exact) mass is 311 g/mol. The Morgan fingerprint density at radius 2 is 2.19 bits per heavy atom. The van der Waals surface area contributed by atoms with E-state index in [-0.39, 0.29) is 6.09 Å². The Morgan fingerprint density at radius 3 is 2.76 bits per heavy atom. The van der Waals surface area contributed by atoms with Crippen LogP contribution in [-0.4, -0.2) is 29.3 Å². The van der Waals surface area contributed by atoms with Gasteiger partial charge >= 0.3 is 6.09 Å². The lowest BCUT2D eigenvalue weighted by molar-refractivity contribution is 0.0503. The molecule has 6 heteroatoms. The van der Waals surface area contributed by atoms with Gasteiger partial charge in [0.05, 0.1) is 11.2 Å². The first-order valence-corrected chi connectivity index (χ1v) is 8.30. The molecule has 1 fully saturated rings. The lowest BCUT2D eigenvalue weighted by atomic mass is 9.80. The van der Waals surface area contributed by atoms with Crippen molar-refractivity contribution in [2.24, 2.45) is 5.92 Å². The Kier molecular flexibility index (Phi) is 5.22. The van der Waals surface area contributed by atoms with Crippen LogP contribution in [0.25, 0.3) is 0 Å². The van der Waals surface area contributed by atoms with E-state index in [0.29, 0.717) is 18.5 Å². The van der Waals surface area contributed by atoms with E-state index in [1.165, 1.54) is 4.88 Å².